The lowest BCUT2D eigenvalue weighted by molar-refractivity contribution is 0.358. The number of nitrogens with zero attached hydrogens (tertiary/aromatic N) is 1. The van der Waals surface area contributed by atoms with Gasteiger partial charge in [0.2, 0.25) is 0 Å². The van der Waals surface area contributed by atoms with Crippen molar-refractivity contribution in [2.24, 2.45) is 10.4 Å². The molecule has 0 aliphatic rings. The quantitative estimate of drug-likeness (QED) is 0.430. The fourth-order valence-corrected chi connectivity index (χ4v) is 2.06. The number of guanidine groups is 1. The van der Waals surface area contributed by atoms with Gasteiger partial charge in [-0.1, -0.05) is 51.1 Å². The number of rotatable bonds is 6. The Morgan fingerprint density at radius 2 is 1.86 bits per heavy atom. The van der Waals surface area contributed by atoms with Crippen LogP contribution in [0.3, 0.4) is 0 Å². The van der Waals surface area contributed by atoms with Gasteiger partial charge in [0.15, 0.2) is 5.96 Å². The second-order valence-electron chi connectivity index (χ2n) is 6.21. The average molecular weight is 403 g/mol. The maximum absolute atomic E-state index is 4.28. The molecule has 0 aromatic heterocycles. The van der Waals surface area contributed by atoms with Crippen molar-refractivity contribution in [3.05, 3.63) is 35.9 Å². The highest BCUT2D eigenvalue weighted by atomic mass is 127. The van der Waals surface area contributed by atoms with Crippen LogP contribution in [-0.2, 0) is 6.42 Å². The van der Waals surface area contributed by atoms with Crippen LogP contribution in [0.4, 0.5) is 0 Å². The third-order valence-corrected chi connectivity index (χ3v) is 3.48. The molecule has 0 fully saturated rings. The highest BCUT2D eigenvalue weighted by Gasteiger charge is 2.19. The Bertz CT molecular complexity index is 415. The SMILES string of the molecule is CCC(C)NC(=NC)NCC(C)(C)Cc1ccccc1.I. The van der Waals surface area contributed by atoms with Crippen molar-refractivity contribution in [3.63, 3.8) is 0 Å². The molecule has 1 atom stereocenters. The Labute approximate surface area is 147 Å². The Balaban J connectivity index is 0.00000400. The number of aliphatic imine (C=N–C) groups is 1. The van der Waals surface area contributed by atoms with Gasteiger partial charge in [-0.3, -0.25) is 4.99 Å². The molecule has 0 heterocycles. The summed E-state index contributed by atoms with van der Waals surface area (Å²) in [5.74, 6) is 0.889. The van der Waals surface area contributed by atoms with Gasteiger partial charge >= 0.3 is 0 Å². The van der Waals surface area contributed by atoms with Gasteiger partial charge in [-0.25, -0.2) is 0 Å². The Hall–Kier alpha value is -0.780. The number of benzene rings is 1. The minimum Gasteiger partial charge on any atom is -0.356 e. The highest BCUT2D eigenvalue weighted by Crippen LogP contribution is 2.20. The highest BCUT2D eigenvalue weighted by molar-refractivity contribution is 14.0. The number of hydrogen-bond donors (Lipinski definition) is 2. The van der Waals surface area contributed by atoms with Crippen LogP contribution >= 0.6 is 24.0 Å². The molecular formula is C17H30IN3. The summed E-state index contributed by atoms with van der Waals surface area (Å²) in [4.78, 5) is 4.28. The first kappa shape index (κ1) is 20.2. The van der Waals surface area contributed by atoms with E-state index in [2.05, 4.69) is 73.7 Å². The zero-order valence-corrected chi connectivity index (χ0v) is 16.3. The summed E-state index contributed by atoms with van der Waals surface area (Å²) in [6.07, 6.45) is 2.15. The molecule has 21 heavy (non-hydrogen) atoms. The first-order chi connectivity index (χ1) is 9.46. The third kappa shape index (κ3) is 8.29. The van der Waals surface area contributed by atoms with Crippen molar-refractivity contribution in [1.82, 2.24) is 10.6 Å². The van der Waals surface area contributed by atoms with Crippen molar-refractivity contribution in [2.45, 2.75) is 46.6 Å². The van der Waals surface area contributed by atoms with Gasteiger partial charge in [-0.05, 0) is 30.7 Å². The molecule has 0 aliphatic carbocycles. The van der Waals surface area contributed by atoms with Crippen molar-refractivity contribution >= 4 is 29.9 Å². The zero-order chi connectivity index (χ0) is 15.0. The van der Waals surface area contributed by atoms with Crippen molar-refractivity contribution in [1.29, 1.82) is 0 Å². The van der Waals surface area contributed by atoms with Gasteiger partial charge in [0.25, 0.3) is 0 Å². The van der Waals surface area contributed by atoms with E-state index in [0.29, 0.717) is 6.04 Å². The normalized spacial score (nSPS) is 13.3. The summed E-state index contributed by atoms with van der Waals surface area (Å²) in [5, 5.41) is 6.83. The molecule has 0 radical (unpaired) electrons. The summed E-state index contributed by atoms with van der Waals surface area (Å²) in [6, 6.07) is 11.1. The van der Waals surface area contributed by atoms with E-state index < -0.39 is 0 Å². The molecule has 0 spiro atoms. The molecule has 0 saturated heterocycles. The molecule has 1 aromatic carbocycles. The minimum atomic E-state index is 0. The molecule has 1 rings (SSSR count). The van der Waals surface area contributed by atoms with Crippen LogP contribution in [0, 0.1) is 5.41 Å². The largest absolute Gasteiger partial charge is 0.356 e. The van der Waals surface area contributed by atoms with E-state index >= 15 is 0 Å². The maximum atomic E-state index is 4.28. The van der Waals surface area contributed by atoms with Crippen molar-refractivity contribution in [3.8, 4) is 0 Å². The van der Waals surface area contributed by atoms with Crippen LogP contribution in [-0.4, -0.2) is 25.6 Å². The predicted octanol–water partition coefficient (Wildman–Crippen LogP) is 3.84. The Kier molecular flexibility index (Phi) is 9.66. The topological polar surface area (TPSA) is 36.4 Å². The van der Waals surface area contributed by atoms with Crippen molar-refractivity contribution in [2.75, 3.05) is 13.6 Å². The van der Waals surface area contributed by atoms with Gasteiger partial charge < -0.3 is 10.6 Å². The molecule has 120 valence electrons. The second-order valence-corrected chi connectivity index (χ2v) is 6.21. The van der Waals surface area contributed by atoms with Gasteiger partial charge in [0.05, 0.1) is 0 Å². The molecule has 1 unspecified atom stereocenters. The van der Waals surface area contributed by atoms with E-state index in [1.54, 1.807) is 0 Å². The maximum Gasteiger partial charge on any atom is 0.191 e. The lowest BCUT2D eigenvalue weighted by Gasteiger charge is -2.27. The fraction of sp³-hybridized carbons (Fsp3) is 0.588. The van der Waals surface area contributed by atoms with Crippen LogP contribution in [0.1, 0.15) is 39.7 Å². The third-order valence-electron chi connectivity index (χ3n) is 3.48. The first-order valence-corrected chi connectivity index (χ1v) is 7.48. The van der Waals surface area contributed by atoms with E-state index in [4.69, 9.17) is 0 Å². The molecule has 3 nitrogen and oxygen atoms in total. The number of nitrogens with one attached hydrogen (secondary N) is 2. The summed E-state index contributed by atoms with van der Waals surface area (Å²) in [6.45, 7) is 9.80. The second kappa shape index (κ2) is 10.0. The zero-order valence-electron chi connectivity index (χ0n) is 13.9. The summed E-state index contributed by atoms with van der Waals surface area (Å²) < 4.78 is 0. The predicted molar refractivity (Wildman–Crippen MR) is 104 cm³/mol. The molecule has 1 aromatic rings. The summed E-state index contributed by atoms with van der Waals surface area (Å²) >= 11 is 0. The lowest BCUT2D eigenvalue weighted by atomic mass is 9.86. The average Bonchev–Trinajstić information content (AvgIpc) is 2.43. The first-order valence-electron chi connectivity index (χ1n) is 7.48. The van der Waals surface area contributed by atoms with E-state index in [0.717, 1.165) is 25.3 Å². The Morgan fingerprint density at radius 3 is 2.38 bits per heavy atom. The molecule has 4 heteroatoms. The standard InChI is InChI=1S/C17H29N3.HI/c1-6-14(2)20-16(18-5)19-13-17(3,4)12-15-10-8-7-9-11-15;/h7-11,14H,6,12-13H2,1-5H3,(H2,18,19,20);1H. The number of halogens is 1. The van der Waals surface area contributed by atoms with Gasteiger partial charge in [0, 0.05) is 19.6 Å². The van der Waals surface area contributed by atoms with Crippen LogP contribution < -0.4 is 10.6 Å². The van der Waals surface area contributed by atoms with Gasteiger partial charge in [0.1, 0.15) is 0 Å². The molecule has 2 N–H and O–H groups in total. The van der Waals surface area contributed by atoms with Gasteiger partial charge in [-0.15, -0.1) is 24.0 Å². The lowest BCUT2D eigenvalue weighted by Crippen LogP contribution is -2.45. The van der Waals surface area contributed by atoms with Crippen LogP contribution in [0.2, 0.25) is 0 Å². The van der Waals surface area contributed by atoms with Gasteiger partial charge in [-0.2, -0.15) is 0 Å². The Morgan fingerprint density at radius 1 is 1.24 bits per heavy atom. The van der Waals surface area contributed by atoms with Crippen LogP contribution in [0.25, 0.3) is 0 Å². The fourth-order valence-electron chi connectivity index (χ4n) is 2.06. The monoisotopic (exact) mass is 403 g/mol. The molecule has 0 saturated carbocycles. The molecule has 0 aliphatic heterocycles. The molecule has 0 bridgehead atoms. The number of hydrogen-bond acceptors (Lipinski definition) is 1. The summed E-state index contributed by atoms with van der Waals surface area (Å²) in [5.41, 5.74) is 1.57. The van der Waals surface area contributed by atoms with Crippen LogP contribution in [0.15, 0.2) is 35.3 Å². The van der Waals surface area contributed by atoms with E-state index in [1.165, 1.54) is 5.56 Å². The van der Waals surface area contributed by atoms with E-state index in [1.807, 2.05) is 7.05 Å². The van der Waals surface area contributed by atoms with Crippen molar-refractivity contribution < 1.29 is 0 Å². The molecule has 0 amide bonds. The van der Waals surface area contributed by atoms with E-state index in [-0.39, 0.29) is 29.4 Å². The van der Waals surface area contributed by atoms with Crippen LogP contribution in [0.5, 0.6) is 0 Å². The molecular weight excluding hydrogens is 373 g/mol. The summed E-state index contributed by atoms with van der Waals surface area (Å²) in [7, 11) is 1.82. The smallest absolute Gasteiger partial charge is 0.191 e. The minimum absolute atomic E-state index is 0. The van der Waals surface area contributed by atoms with E-state index in [9.17, 15) is 0 Å².